The van der Waals surface area contributed by atoms with Crippen molar-refractivity contribution in [2.75, 3.05) is 5.32 Å². The van der Waals surface area contributed by atoms with Gasteiger partial charge in [-0.2, -0.15) is 0 Å². The molecule has 0 saturated heterocycles. The summed E-state index contributed by atoms with van der Waals surface area (Å²) in [5.41, 5.74) is 2.74. The summed E-state index contributed by atoms with van der Waals surface area (Å²) in [4.78, 5) is 0. The molecule has 1 heteroatoms. The molecule has 0 saturated carbocycles. The number of nitrogens with one attached hydrogen (secondary N) is 1. The molecule has 0 heterocycles. The number of benzene rings is 1. The number of hydrogen-bond acceptors (Lipinski definition) is 1. The fourth-order valence-corrected chi connectivity index (χ4v) is 2.35. The fraction of sp³-hybridized carbons (Fsp3) is 0.647. The molecule has 1 aromatic carbocycles. The van der Waals surface area contributed by atoms with Crippen LogP contribution in [0.15, 0.2) is 24.3 Å². The second kappa shape index (κ2) is 8.18. The van der Waals surface area contributed by atoms with Crippen LogP contribution < -0.4 is 5.32 Å². The molecule has 18 heavy (non-hydrogen) atoms. The summed E-state index contributed by atoms with van der Waals surface area (Å²) in [7, 11) is 0. The quantitative estimate of drug-likeness (QED) is 0.591. The molecule has 0 aliphatic carbocycles. The third kappa shape index (κ3) is 5.12. The van der Waals surface area contributed by atoms with Crippen molar-refractivity contribution in [3.63, 3.8) is 0 Å². The minimum absolute atomic E-state index is 0.571. The van der Waals surface area contributed by atoms with Gasteiger partial charge in [-0.3, -0.25) is 0 Å². The lowest BCUT2D eigenvalue weighted by Crippen LogP contribution is -2.16. The molecule has 1 atom stereocenters. The van der Waals surface area contributed by atoms with E-state index in [4.69, 9.17) is 0 Å². The van der Waals surface area contributed by atoms with Crippen molar-refractivity contribution in [3.05, 3.63) is 29.8 Å². The molecule has 0 aromatic heterocycles. The van der Waals surface area contributed by atoms with E-state index in [0.29, 0.717) is 12.0 Å². The predicted molar refractivity (Wildman–Crippen MR) is 82.4 cm³/mol. The molecule has 0 fully saturated rings. The first kappa shape index (κ1) is 15.1. The van der Waals surface area contributed by atoms with Crippen molar-refractivity contribution in [1.29, 1.82) is 0 Å². The zero-order valence-corrected chi connectivity index (χ0v) is 12.5. The number of rotatable bonds is 8. The van der Waals surface area contributed by atoms with Gasteiger partial charge in [0.1, 0.15) is 0 Å². The number of para-hydroxylation sites is 1. The highest BCUT2D eigenvalue weighted by Crippen LogP contribution is 2.24. The highest BCUT2D eigenvalue weighted by Gasteiger charge is 2.08. The van der Waals surface area contributed by atoms with E-state index in [1.165, 1.54) is 43.4 Å². The van der Waals surface area contributed by atoms with Crippen molar-refractivity contribution in [2.45, 2.75) is 71.8 Å². The summed E-state index contributed by atoms with van der Waals surface area (Å²) in [6, 6.07) is 9.26. The molecule has 1 N–H and O–H groups in total. The second-order valence-electron chi connectivity index (χ2n) is 5.64. The largest absolute Gasteiger partial charge is 0.382 e. The molecule has 0 aliphatic rings. The van der Waals surface area contributed by atoms with Crippen molar-refractivity contribution < 1.29 is 0 Å². The minimum Gasteiger partial charge on any atom is -0.382 e. The van der Waals surface area contributed by atoms with E-state index in [0.717, 1.165) is 0 Å². The molecule has 1 rings (SSSR count). The van der Waals surface area contributed by atoms with Crippen LogP contribution in [0.5, 0.6) is 0 Å². The van der Waals surface area contributed by atoms with E-state index in [9.17, 15) is 0 Å². The Hall–Kier alpha value is -0.980. The maximum atomic E-state index is 3.67. The average molecular weight is 247 g/mol. The summed E-state index contributed by atoms with van der Waals surface area (Å²) in [6.45, 7) is 9.07. The van der Waals surface area contributed by atoms with Crippen LogP contribution in [0, 0.1) is 0 Å². The van der Waals surface area contributed by atoms with Gasteiger partial charge in [-0.15, -0.1) is 0 Å². The lowest BCUT2D eigenvalue weighted by Gasteiger charge is -2.19. The second-order valence-corrected chi connectivity index (χ2v) is 5.64. The summed E-state index contributed by atoms with van der Waals surface area (Å²) in [6.07, 6.45) is 6.67. The average Bonchev–Trinajstić information content (AvgIpc) is 2.35. The summed E-state index contributed by atoms with van der Waals surface area (Å²) in [5.74, 6) is 0.584. The lowest BCUT2D eigenvalue weighted by atomic mass is 10.0. The third-order valence-corrected chi connectivity index (χ3v) is 3.48. The first-order chi connectivity index (χ1) is 8.65. The molecular formula is C17H29N. The molecule has 1 nitrogen and oxygen atoms in total. The molecule has 0 spiro atoms. The van der Waals surface area contributed by atoms with Crippen molar-refractivity contribution in [2.24, 2.45) is 0 Å². The van der Waals surface area contributed by atoms with Gasteiger partial charge in [0.05, 0.1) is 0 Å². The van der Waals surface area contributed by atoms with E-state index in [1.807, 2.05) is 0 Å². The predicted octanol–water partition coefficient (Wildman–Crippen LogP) is 5.58. The molecule has 1 aromatic rings. The van der Waals surface area contributed by atoms with Crippen LogP contribution in [0.1, 0.15) is 71.3 Å². The van der Waals surface area contributed by atoms with Gasteiger partial charge < -0.3 is 5.32 Å². The van der Waals surface area contributed by atoms with Gasteiger partial charge in [-0.25, -0.2) is 0 Å². The SMILES string of the molecule is CCCCCCC(C)Nc1ccccc1C(C)C. The highest BCUT2D eigenvalue weighted by molar-refractivity contribution is 5.53. The minimum atomic E-state index is 0.571. The number of hydrogen-bond donors (Lipinski definition) is 1. The first-order valence-corrected chi connectivity index (χ1v) is 7.50. The Bertz CT molecular complexity index is 330. The third-order valence-electron chi connectivity index (χ3n) is 3.48. The number of anilines is 1. The molecular weight excluding hydrogens is 218 g/mol. The van der Waals surface area contributed by atoms with Gasteiger partial charge in [-0.1, -0.05) is 64.7 Å². The molecule has 102 valence electrons. The topological polar surface area (TPSA) is 12.0 Å². The Morgan fingerprint density at radius 2 is 1.72 bits per heavy atom. The van der Waals surface area contributed by atoms with Gasteiger partial charge >= 0.3 is 0 Å². The van der Waals surface area contributed by atoms with Crippen LogP contribution >= 0.6 is 0 Å². The van der Waals surface area contributed by atoms with Crippen LogP contribution in [0.2, 0.25) is 0 Å². The van der Waals surface area contributed by atoms with E-state index in [1.54, 1.807) is 0 Å². The van der Waals surface area contributed by atoms with Crippen LogP contribution in [0.3, 0.4) is 0 Å². The Balaban J connectivity index is 2.46. The highest BCUT2D eigenvalue weighted by atomic mass is 14.9. The number of unbranched alkanes of at least 4 members (excludes halogenated alkanes) is 3. The van der Waals surface area contributed by atoms with Gasteiger partial charge in [0.15, 0.2) is 0 Å². The van der Waals surface area contributed by atoms with Gasteiger partial charge in [0, 0.05) is 11.7 Å². The van der Waals surface area contributed by atoms with Gasteiger partial charge in [0.2, 0.25) is 0 Å². The van der Waals surface area contributed by atoms with Crippen molar-refractivity contribution >= 4 is 5.69 Å². The van der Waals surface area contributed by atoms with Crippen LogP contribution in [0.25, 0.3) is 0 Å². The van der Waals surface area contributed by atoms with E-state index in [2.05, 4.69) is 57.3 Å². The van der Waals surface area contributed by atoms with E-state index >= 15 is 0 Å². The normalized spacial score (nSPS) is 12.7. The van der Waals surface area contributed by atoms with E-state index in [-0.39, 0.29) is 0 Å². The molecule has 0 aliphatic heterocycles. The molecule has 1 unspecified atom stereocenters. The first-order valence-electron chi connectivity index (χ1n) is 7.50. The maximum absolute atomic E-state index is 3.67. The van der Waals surface area contributed by atoms with Crippen LogP contribution in [-0.4, -0.2) is 6.04 Å². The maximum Gasteiger partial charge on any atom is 0.0377 e. The molecule has 0 bridgehead atoms. The van der Waals surface area contributed by atoms with Crippen molar-refractivity contribution in [3.8, 4) is 0 Å². The van der Waals surface area contributed by atoms with Crippen molar-refractivity contribution in [1.82, 2.24) is 0 Å². The van der Waals surface area contributed by atoms with Gasteiger partial charge in [-0.05, 0) is 30.9 Å². The van der Waals surface area contributed by atoms with Gasteiger partial charge in [0.25, 0.3) is 0 Å². The summed E-state index contributed by atoms with van der Waals surface area (Å²) in [5, 5.41) is 3.67. The Morgan fingerprint density at radius 1 is 1.00 bits per heavy atom. The van der Waals surface area contributed by atoms with E-state index < -0.39 is 0 Å². The fourth-order valence-electron chi connectivity index (χ4n) is 2.35. The zero-order valence-electron chi connectivity index (χ0n) is 12.5. The Labute approximate surface area is 113 Å². The standard InChI is InChI=1S/C17H29N/c1-5-6-7-8-11-15(4)18-17-13-10-9-12-16(17)14(2)3/h9-10,12-15,18H,5-8,11H2,1-4H3. The lowest BCUT2D eigenvalue weighted by molar-refractivity contribution is 0.593. The zero-order chi connectivity index (χ0) is 13.4. The summed E-state index contributed by atoms with van der Waals surface area (Å²) < 4.78 is 0. The monoisotopic (exact) mass is 247 g/mol. The Kier molecular flexibility index (Phi) is 6.85. The smallest absolute Gasteiger partial charge is 0.0377 e. The molecule has 0 radical (unpaired) electrons. The van der Waals surface area contributed by atoms with Crippen LogP contribution in [-0.2, 0) is 0 Å². The summed E-state index contributed by atoms with van der Waals surface area (Å²) >= 11 is 0. The molecule has 0 amide bonds. The van der Waals surface area contributed by atoms with Crippen LogP contribution in [0.4, 0.5) is 5.69 Å². The Morgan fingerprint density at radius 3 is 2.39 bits per heavy atom.